The smallest absolute Gasteiger partial charge is 0.261 e. The fraction of sp³-hybridized carbons (Fsp3) is 0.385. The van der Waals surface area contributed by atoms with E-state index in [1.807, 2.05) is 22.6 Å². The molecule has 1 amide bonds. The van der Waals surface area contributed by atoms with Crippen molar-refractivity contribution in [2.24, 2.45) is 7.05 Å². The van der Waals surface area contributed by atoms with Crippen molar-refractivity contribution in [2.75, 3.05) is 12.4 Å². The molecule has 1 heterocycles. The zero-order chi connectivity index (χ0) is 27.2. The monoisotopic (exact) mass is 622 g/mol. The largest absolute Gasteiger partial charge is 0.456 e. The number of anilines is 2. The Morgan fingerprint density at radius 2 is 2.03 bits per heavy atom. The van der Waals surface area contributed by atoms with Crippen LogP contribution in [0.25, 0.3) is 0 Å². The zero-order valence-corrected chi connectivity index (χ0v) is 23.4. The topological polar surface area (TPSA) is 107 Å². The molecule has 37 heavy (non-hydrogen) atoms. The fourth-order valence-electron chi connectivity index (χ4n) is 4.28. The van der Waals surface area contributed by atoms with Crippen molar-refractivity contribution in [1.82, 2.24) is 9.47 Å². The molecule has 0 saturated heterocycles. The molecule has 1 aromatic heterocycles. The number of nitrogens with zero attached hydrogens (tertiary/aromatic N) is 3. The summed E-state index contributed by atoms with van der Waals surface area (Å²) in [6.07, 6.45) is 5.14. The highest BCUT2D eigenvalue weighted by Crippen LogP contribution is 2.38. The Bertz CT molecular complexity index is 1430. The van der Waals surface area contributed by atoms with Gasteiger partial charge in [-0.1, -0.05) is 6.08 Å². The number of carbonyl (C=O) groups is 1. The lowest BCUT2D eigenvalue weighted by atomic mass is 9.85. The Kier molecular flexibility index (Phi) is 7.19. The van der Waals surface area contributed by atoms with Gasteiger partial charge in [-0.3, -0.25) is 24.3 Å². The van der Waals surface area contributed by atoms with Gasteiger partial charge in [0.05, 0.1) is 11.3 Å². The van der Waals surface area contributed by atoms with Crippen LogP contribution in [0.15, 0.2) is 46.5 Å². The first-order valence-corrected chi connectivity index (χ1v) is 12.9. The zero-order valence-electron chi connectivity index (χ0n) is 21.2. The molecule has 0 bridgehead atoms. The lowest BCUT2D eigenvalue weighted by molar-refractivity contribution is -0.553. The summed E-state index contributed by atoms with van der Waals surface area (Å²) in [5.74, 6) is -0.707. The molecule has 2 aliphatic carbocycles. The molecule has 1 aromatic carbocycles. The minimum atomic E-state index is -1.39. The summed E-state index contributed by atoms with van der Waals surface area (Å²) in [5, 5.41) is 14.8. The van der Waals surface area contributed by atoms with Gasteiger partial charge in [0.25, 0.3) is 11.5 Å². The Morgan fingerprint density at radius 1 is 1.35 bits per heavy atom. The lowest BCUT2D eigenvalue weighted by Crippen LogP contribution is -2.38. The number of carbonyl (C=O) groups excluding carboxylic acids is 1. The highest BCUT2D eigenvalue weighted by molar-refractivity contribution is 14.1. The van der Waals surface area contributed by atoms with E-state index in [0.717, 1.165) is 12.8 Å². The number of allylic oxidation sites excluding steroid dienone is 1. The van der Waals surface area contributed by atoms with Gasteiger partial charge in [-0.15, -0.1) is 0 Å². The summed E-state index contributed by atoms with van der Waals surface area (Å²) in [5.41, 5.74) is -1.18. The molecule has 2 aliphatic rings. The van der Waals surface area contributed by atoms with Gasteiger partial charge in [0.2, 0.25) is 5.54 Å². The molecule has 0 spiro atoms. The van der Waals surface area contributed by atoms with Crippen molar-refractivity contribution in [3.8, 4) is 5.75 Å². The van der Waals surface area contributed by atoms with Gasteiger partial charge in [-0.05, 0) is 73.6 Å². The van der Waals surface area contributed by atoms with E-state index >= 15 is 0 Å². The quantitative estimate of drug-likeness (QED) is 0.263. The van der Waals surface area contributed by atoms with Gasteiger partial charge in [-0.25, -0.2) is 4.39 Å². The molecule has 2 aromatic rings. The highest BCUT2D eigenvalue weighted by Gasteiger charge is 2.43. The van der Waals surface area contributed by atoms with Gasteiger partial charge in [0.15, 0.2) is 5.75 Å². The maximum absolute atomic E-state index is 14.8. The van der Waals surface area contributed by atoms with Crippen molar-refractivity contribution in [1.29, 1.82) is 0 Å². The normalized spacial score (nSPS) is 19.1. The van der Waals surface area contributed by atoms with Gasteiger partial charge >= 0.3 is 0 Å². The number of nitrogens with one attached hydrogen (secondary N) is 1. The van der Waals surface area contributed by atoms with E-state index in [0.29, 0.717) is 9.14 Å². The number of pyridine rings is 1. The molecule has 196 valence electrons. The molecule has 0 aliphatic heterocycles. The molecular weight excluding hydrogens is 594 g/mol. The van der Waals surface area contributed by atoms with Crippen molar-refractivity contribution in [2.45, 2.75) is 51.6 Å². The number of halogens is 2. The van der Waals surface area contributed by atoms with E-state index in [1.165, 1.54) is 37.6 Å². The van der Waals surface area contributed by atoms with Crippen LogP contribution in [0, 0.1) is 26.4 Å². The summed E-state index contributed by atoms with van der Waals surface area (Å²) in [6.45, 7) is 4.65. The Balaban J connectivity index is 1.94. The Labute approximate surface area is 227 Å². The summed E-state index contributed by atoms with van der Waals surface area (Å²) < 4.78 is 22.9. The van der Waals surface area contributed by atoms with E-state index in [4.69, 9.17) is 4.74 Å². The maximum atomic E-state index is 14.8. The molecule has 1 fully saturated rings. The predicted octanol–water partition coefficient (Wildman–Crippen LogP) is 5.06. The van der Waals surface area contributed by atoms with E-state index in [-0.39, 0.29) is 51.5 Å². The van der Waals surface area contributed by atoms with E-state index in [9.17, 15) is 24.1 Å². The van der Waals surface area contributed by atoms with Gasteiger partial charge in [0.1, 0.15) is 23.0 Å². The van der Waals surface area contributed by atoms with Crippen molar-refractivity contribution < 1.29 is 18.8 Å². The molecule has 0 radical (unpaired) electrons. The molecule has 1 N–H and O–H groups in total. The first kappa shape index (κ1) is 26.8. The molecular formula is C26H28FIN4O5. The standard InChI is InChI=1S/C26H28FIN4O5/c1-14-22(37-20-7-6-12-26(3,15(20)2)32(35)36)21(25(34)30(4)17-9-10-17)23(31(5)24(14)33)29-19-11-8-16(28)13-18(19)27/h6-8,11,13,17,29H,9-10,12H2,1-5H3. The number of benzene rings is 1. The molecule has 1 saturated carbocycles. The molecule has 1 unspecified atom stereocenters. The SMILES string of the molecule is CC1=C(Oc2c(C(=O)N(C)C3CC3)c(Nc3ccc(I)cc3F)n(C)c(=O)c2C)C=CCC1(C)[N+](=O)[O-]. The fourth-order valence-corrected chi connectivity index (χ4v) is 4.73. The minimum absolute atomic E-state index is 0.0133. The van der Waals surface area contributed by atoms with E-state index in [2.05, 4.69) is 5.32 Å². The van der Waals surface area contributed by atoms with Crippen LogP contribution in [0.4, 0.5) is 15.9 Å². The van der Waals surface area contributed by atoms with Crippen molar-refractivity contribution in [3.63, 3.8) is 0 Å². The van der Waals surface area contributed by atoms with Gasteiger partial charge < -0.3 is 15.0 Å². The van der Waals surface area contributed by atoms with Crippen LogP contribution in [0.3, 0.4) is 0 Å². The van der Waals surface area contributed by atoms with Crippen molar-refractivity contribution in [3.05, 3.63) is 82.7 Å². The summed E-state index contributed by atoms with van der Waals surface area (Å²) >= 11 is 1.99. The second-order valence-corrected chi connectivity index (χ2v) is 10.9. The van der Waals surface area contributed by atoms with Crippen LogP contribution in [0.1, 0.15) is 49.0 Å². The van der Waals surface area contributed by atoms with Gasteiger partial charge in [-0.2, -0.15) is 0 Å². The average Bonchev–Trinajstić information content (AvgIpc) is 3.69. The van der Waals surface area contributed by atoms with Crippen molar-refractivity contribution >= 4 is 40.0 Å². The Hall–Kier alpha value is -3.22. The summed E-state index contributed by atoms with van der Waals surface area (Å²) in [4.78, 5) is 40.1. The first-order chi connectivity index (χ1) is 17.4. The molecule has 1 atom stereocenters. The second kappa shape index (κ2) is 9.92. The maximum Gasteiger partial charge on any atom is 0.261 e. The number of amides is 1. The number of rotatable bonds is 7. The van der Waals surface area contributed by atoms with Crippen LogP contribution in [0.5, 0.6) is 5.75 Å². The van der Waals surface area contributed by atoms with Crippen LogP contribution < -0.4 is 15.6 Å². The van der Waals surface area contributed by atoms with Gasteiger partial charge in [0, 0.05) is 47.5 Å². The number of ether oxygens (including phenoxy) is 1. The highest BCUT2D eigenvalue weighted by atomic mass is 127. The number of hydrogen-bond acceptors (Lipinski definition) is 6. The Morgan fingerprint density at radius 3 is 2.62 bits per heavy atom. The van der Waals surface area contributed by atoms with E-state index < -0.39 is 22.8 Å². The number of hydrogen-bond donors (Lipinski definition) is 1. The van der Waals surface area contributed by atoms with Crippen LogP contribution in [-0.4, -0.2) is 38.9 Å². The third-order valence-electron chi connectivity index (χ3n) is 7.16. The lowest BCUT2D eigenvalue weighted by Gasteiger charge is -2.28. The third kappa shape index (κ3) is 4.88. The number of aromatic nitrogens is 1. The average molecular weight is 622 g/mol. The number of nitro groups is 1. The minimum Gasteiger partial charge on any atom is -0.456 e. The molecule has 11 heteroatoms. The van der Waals surface area contributed by atoms with Crippen LogP contribution in [0.2, 0.25) is 0 Å². The summed E-state index contributed by atoms with van der Waals surface area (Å²) in [7, 11) is 3.17. The second-order valence-electron chi connectivity index (χ2n) is 9.67. The van der Waals surface area contributed by atoms with Crippen LogP contribution in [-0.2, 0) is 7.05 Å². The molecule has 9 nitrogen and oxygen atoms in total. The first-order valence-electron chi connectivity index (χ1n) is 11.8. The van der Waals surface area contributed by atoms with Crippen LogP contribution >= 0.6 is 22.6 Å². The summed E-state index contributed by atoms with van der Waals surface area (Å²) in [6, 6.07) is 4.62. The predicted molar refractivity (Wildman–Crippen MR) is 146 cm³/mol. The van der Waals surface area contributed by atoms with E-state index in [1.54, 1.807) is 37.1 Å². The third-order valence-corrected chi connectivity index (χ3v) is 7.83. The molecule has 4 rings (SSSR count).